The summed E-state index contributed by atoms with van der Waals surface area (Å²) in [5.74, 6) is 0.791. The van der Waals surface area contributed by atoms with Crippen molar-refractivity contribution in [3.8, 4) is 5.69 Å². The molecule has 0 aliphatic carbocycles. The number of fused-ring (bicyclic) bond motifs is 3. The standard InChI is InChI=1S/C20H19ClFN5O/c1-12(2)26(28)11-19-25-24-18-10-23-20(14-5-3-4-6-16(14)21)15-9-13(22)7-8-17(15)27(18)19/h3-9,12,28H,10-11H2,1-2H3. The Bertz CT molecular complexity index is 1060. The van der Waals surface area contributed by atoms with E-state index in [-0.39, 0.29) is 24.9 Å². The number of aromatic nitrogens is 3. The highest BCUT2D eigenvalue weighted by Crippen LogP contribution is 2.29. The molecule has 0 atom stereocenters. The van der Waals surface area contributed by atoms with E-state index in [1.165, 1.54) is 17.2 Å². The Balaban J connectivity index is 1.89. The fraction of sp³-hybridized carbons (Fsp3) is 0.250. The lowest BCUT2D eigenvalue weighted by Gasteiger charge is -2.19. The summed E-state index contributed by atoms with van der Waals surface area (Å²) in [7, 11) is 0. The molecule has 0 unspecified atom stereocenters. The molecule has 2 aromatic carbocycles. The van der Waals surface area contributed by atoms with E-state index in [1.54, 1.807) is 12.1 Å². The van der Waals surface area contributed by atoms with E-state index in [4.69, 9.17) is 11.6 Å². The van der Waals surface area contributed by atoms with E-state index >= 15 is 0 Å². The van der Waals surface area contributed by atoms with Crippen LogP contribution in [0.25, 0.3) is 5.69 Å². The highest BCUT2D eigenvalue weighted by molar-refractivity contribution is 6.35. The van der Waals surface area contributed by atoms with E-state index in [1.807, 2.05) is 36.6 Å². The molecule has 1 aromatic heterocycles. The maximum Gasteiger partial charge on any atom is 0.159 e. The first-order valence-electron chi connectivity index (χ1n) is 8.94. The molecular formula is C20H19ClFN5O. The first kappa shape index (κ1) is 18.7. The number of hydroxylamine groups is 2. The van der Waals surface area contributed by atoms with Crippen molar-refractivity contribution in [2.24, 2.45) is 4.99 Å². The van der Waals surface area contributed by atoms with Gasteiger partial charge in [-0.3, -0.25) is 9.56 Å². The van der Waals surface area contributed by atoms with Gasteiger partial charge in [-0.15, -0.1) is 10.2 Å². The first-order valence-corrected chi connectivity index (χ1v) is 9.32. The molecule has 1 aliphatic heterocycles. The third kappa shape index (κ3) is 3.32. The predicted molar refractivity (Wildman–Crippen MR) is 105 cm³/mol. The van der Waals surface area contributed by atoms with Gasteiger partial charge in [0.15, 0.2) is 11.6 Å². The number of aliphatic imine (C=N–C) groups is 1. The van der Waals surface area contributed by atoms with Crippen LogP contribution in [0, 0.1) is 5.82 Å². The summed E-state index contributed by atoms with van der Waals surface area (Å²) in [6.45, 7) is 4.20. The molecule has 0 saturated heterocycles. The summed E-state index contributed by atoms with van der Waals surface area (Å²) in [4.78, 5) is 4.67. The second kappa shape index (κ2) is 7.43. The molecule has 3 aromatic rings. The second-order valence-electron chi connectivity index (χ2n) is 6.87. The van der Waals surface area contributed by atoms with Crippen molar-refractivity contribution in [2.75, 3.05) is 0 Å². The van der Waals surface area contributed by atoms with Crippen LogP contribution in [0.1, 0.15) is 36.6 Å². The molecule has 28 heavy (non-hydrogen) atoms. The lowest BCUT2D eigenvalue weighted by Crippen LogP contribution is -2.28. The van der Waals surface area contributed by atoms with Crippen molar-refractivity contribution in [1.29, 1.82) is 0 Å². The Morgan fingerprint density at radius 1 is 1.18 bits per heavy atom. The topological polar surface area (TPSA) is 66.5 Å². The summed E-state index contributed by atoms with van der Waals surface area (Å²) in [5.41, 5.74) is 2.62. The van der Waals surface area contributed by atoms with E-state index in [0.717, 1.165) is 5.56 Å². The number of hydrogen-bond donors (Lipinski definition) is 1. The molecule has 4 rings (SSSR count). The third-order valence-electron chi connectivity index (χ3n) is 4.66. The Morgan fingerprint density at radius 2 is 1.96 bits per heavy atom. The van der Waals surface area contributed by atoms with Crippen LogP contribution in [0.15, 0.2) is 47.5 Å². The fourth-order valence-corrected chi connectivity index (χ4v) is 3.40. The summed E-state index contributed by atoms with van der Waals surface area (Å²) < 4.78 is 16.0. The van der Waals surface area contributed by atoms with E-state index in [2.05, 4.69) is 15.2 Å². The van der Waals surface area contributed by atoms with Crippen LogP contribution in [-0.2, 0) is 13.1 Å². The van der Waals surface area contributed by atoms with Gasteiger partial charge in [0.1, 0.15) is 12.4 Å². The lowest BCUT2D eigenvalue weighted by atomic mass is 10.00. The first-order chi connectivity index (χ1) is 13.5. The minimum Gasteiger partial charge on any atom is -0.313 e. The molecule has 144 valence electrons. The molecule has 0 radical (unpaired) electrons. The Morgan fingerprint density at radius 3 is 2.71 bits per heavy atom. The SMILES string of the molecule is CC(C)N(O)Cc1nnc2n1-c1ccc(F)cc1C(c1ccccc1Cl)=NC2. The van der Waals surface area contributed by atoms with Gasteiger partial charge in [0.2, 0.25) is 0 Å². The molecule has 2 heterocycles. The molecule has 0 saturated carbocycles. The summed E-state index contributed by atoms with van der Waals surface area (Å²) >= 11 is 6.39. The lowest BCUT2D eigenvalue weighted by molar-refractivity contribution is -0.127. The summed E-state index contributed by atoms with van der Waals surface area (Å²) in [5, 5.41) is 20.4. The van der Waals surface area contributed by atoms with Crippen LogP contribution in [0.2, 0.25) is 5.02 Å². The number of benzene rings is 2. The van der Waals surface area contributed by atoms with Gasteiger partial charge >= 0.3 is 0 Å². The van der Waals surface area contributed by atoms with Crippen LogP contribution in [-0.4, -0.2) is 36.8 Å². The zero-order chi connectivity index (χ0) is 19.8. The van der Waals surface area contributed by atoms with Crippen molar-refractivity contribution < 1.29 is 9.60 Å². The van der Waals surface area contributed by atoms with E-state index in [9.17, 15) is 9.60 Å². The molecule has 0 fully saturated rings. The largest absolute Gasteiger partial charge is 0.313 e. The molecule has 0 bridgehead atoms. The summed E-state index contributed by atoms with van der Waals surface area (Å²) in [6, 6.07) is 11.8. The van der Waals surface area contributed by atoms with Crippen LogP contribution in [0.4, 0.5) is 4.39 Å². The van der Waals surface area contributed by atoms with Gasteiger partial charge < -0.3 is 5.21 Å². The van der Waals surface area contributed by atoms with Gasteiger partial charge in [-0.2, -0.15) is 5.06 Å². The van der Waals surface area contributed by atoms with Crippen LogP contribution in [0.3, 0.4) is 0 Å². The summed E-state index contributed by atoms with van der Waals surface area (Å²) in [6.07, 6.45) is 0. The van der Waals surface area contributed by atoms with Gasteiger partial charge in [0.05, 0.1) is 17.9 Å². The Kier molecular flexibility index (Phi) is 4.97. The Hall–Kier alpha value is -2.61. The van der Waals surface area contributed by atoms with Crippen molar-refractivity contribution in [1.82, 2.24) is 19.8 Å². The second-order valence-corrected chi connectivity index (χ2v) is 7.27. The zero-order valence-electron chi connectivity index (χ0n) is 15.5. The number of hydrogen-bond acceptors (Lipinski definition) is 5. The van der Waals surface area contributed by atoms with Crippen LogP contribution >= 0.6 is 11.6 Å². The zero-order valence-corrected chi connectivity index (χ0v) is 16.2. The van der Waals surface area contributed by atoms with Gasteiger partial charge in [-0.05, 0) is 38.1 Å². The molecule has 0 spiro atoms. The maximum atomic E-state index is 14.2. The van der Waals surface area contributed by atoms with Gasteiger partial charge in [0.25, 0.3) is 0 Å². The van der Waals surface area contributed by atoms with Crippen molar-refractivity contribution in [2.45, 2.75) is 33.0 Å². The molecular weight excluding hydrogens is 381 g/mol. The molecule has 1 N–H and O–H groups in total. The molecule has 6 nitrogen and oxygen atoms in total. The Labute approximate surface area is 166 Å². The minimum atomic E-state index is -0.373. The van der Waals surface area contributed by atoms with Crippen LogP contribution in [0.5, 0.6) is 0 Å². The van der Waals surface area contributed by atoms with Crippen molar-refractivity contribution in [3.05, 3.63) is 76.1 Å². The number of nitrogens with zero attached hydrogens (tertiary/aromatic N) is 5. The van der Waals surface area contributed by atoms with Crippen molar-refractivity contribution >= 4 is 17.3 Å². The van der Waals surface area contributed by atoms with Gasteiger partial charge in [-0.25, -0.2) is 4.39 Å². The minimum absolute atomic E-state index is 0.0821. The van der Waals surface area contributed by atoms with E-state index in [0.29, 0.717) is 33.6 Å². The molecule has 1 aliphatic rings. The number of rotatable bonds is 4. The maximum absolute atomic E-state index is 14.2. The molecule has 0 amide bonds. The normalized spacial score (nSPS) is 13.3. The third-order valence-corrected chi connectivity index (χ3v) is 4.99. The van der Waals surface area contributed by atoms with Crippen LogP contribution < -0.4 is 0 Å². The monoisotopic (exact) mass is 399 g/mol. The quantitative estimate of drug-likeness (QED) is 0.673. The highest BCUT2D eigenvalue weighted by Gasteiger charge is 2.25. The fourth-order valence-electron chi connectivity index (χ4n) is 3.18. The number of halogens is 2. The predicted octanol–water partition coefficient (Wildman–Crippen LogP) is 4.01. The van der Waals surface area contributed by atoms with Gasteiger partial charge in [-0.1, -0.05) is 29.8 Å². The average Bonchev–Trinajstić information content (AvgIpc) is 2.98. The smallest absolute Gasteiger partial charge is 0.159 e. The average molecular weight is 400 g/mol. The van der Waals surface area contributed by atoms with E-state index < -0.39 is 0 Å². The highest BCUT2D eigenvalue weighted by atomic mass is 35.5. The van der Waals surface area contributed by atoms with Crippen molar-refractivity contribution in [3.63, 3.8) is 0 Å². The molecule has 8 heteroatoms. The van der Waals surface area contributed by atoms with Gasteiger partial charge in [0, 0.05) is 22.2 Å².